The van der Waals surface area contributed by atoms with Gasteiger partial charge in [-0.3, -0.25) is 19.7 Å². The van der Waals surface area contributed by atoms with Crippen molar-refractivity contribution >= 4 is 29.6 Å². The molecule has 0 bridgehead atoms. The fourth-order valence-corrected chi connectivity index (χ4v) is 5.45. The monoisotopic (exact) mass is 586 g/mol. The van der Waals surface area contributed by atoms with Gasteiger partial charge in [0.15, 0.2) is 0 Å². The number of benzene rings is 1. The third-order valence-corrected chi connectivity index (χ3v) is 7.67. The van der Waals surface area contributed by atoms with Crippen molar-refractivity contribution in [3.8, 4) is 5.75 Å². The quantitative estimate of drug-likeness (QED) is 0.343. The molecular formula is C29H38N4O9. The van der Waals surface area contributed by atoms with Crippen molar-refractivity contribution in [1.82, 2.24) is 15.5 Å². The lowest BCUT2D eigenvalue weighted by atomic mass is 10.0. The van der Waals surface area contributed by atoms with Gasteiger partial charge in [0.1, 0.15) is 34.7 Å². The molecule has 0 spiro atoms. The van der Waals surface area contributed by atoms with E-state index in [1.165, 1.54) is 29.2 Å². The van der Waals surface area contributed by atoms with Gasteiger partial charge >= 0.3 is 12.1 Å². The van der Waals surface area contributed by atoms with Gasteiger partial charge < -0.3 is 30.1 Å². The first-order chi connectivity index (χ1) is 19.8. The number of hydrogen-bond donors (Lipinski definition) is 3. The van der Waals surface area contributed by atoms with Crippen molar-refractivity contribution in [3.63, 3.8) is 0 Å². The number of nitro groups is 1. The number of carbonyl (C=O) groups excluding carboxylic acids is 3. The number of alkyl carbamates (subject to hydrolysis) is 1. The predicted molar refractivity (Wildman–Crippen MR) is 149 cm³/mol. The Kier molecular flexibility index (Phi) is 9.07. The van der Waals surface area contributed by atoms with Crippen LogP contribution in [0.2, 0.25) is 0 Å². The summed E-state index contributed by atoms with van der Waals surface area (Å²) < 4.78 is 11.4. The van der Waals surface area contributed by atoms with Crippen LogP contribution < -0.4 is 15.4 Å². The molecule has 4 rings (SSSR count). The molecule has 3 N–H and O–H groups in total. The van der Waals surface area contributed by atoms with Crippen LogP contribution >= 0.6 is 0 Å². The van der Waals surface area contributed by atoms with Gasteiger partial charge in [-0.25, -0.2) is 9.59 Å². The van der Waals surface area contributed by atoms with E-state index in [0.29, 0.717) is 63.0 Å². The van der Waals surface area contributed by atoms with E-state index in [1.54, 1.807) is 26.8 Å². The number of fused-ring (bicyclic) bond motifs is 2. The highest BCUT2D eigenvalue weighted by Crippen LogP contribution is 2.46. The molecule has 1 aromatic carbocycles. The van der Waals surface area contributed by atoms with Crippen LogP contribution in [0.15, 0.2) is 36.1 Å². The molecule has 4 atom stereocenters. The predicted octanol–water partition coefficient (Wildman–Crippen LogP) is 3.67. The maximum absolute atomic E-state index is 13.6. The average Bonchev–Trinajstić information content (AvgIpc) is 3.35. The van der Waals surface area contributed by atoms with Crippen LogP contribution in [0, 0.1) is 16.0 Å². The zero-order valence-corrected chi connectivity index (χ0v) is 24.1. The van der Waals surface area contributed by atoms with Crippen LogP contribution in [-0.2, 0) is 19.1 Å². The molecular weight excluding hydrogens is 548 g/mol. The van der Waals surface area contributed by atoms with Crippen LogP contribution in [0.25, 0.3) is 0 Å². The van der Waals surface area contributed by atoms with Gasteiger partial charge in [-0.15, -0.1) is 0 Å². The van der Waals surface area contributed by atoms with E-state index in [4.69, 9.17) is 9.47 Å². The van der Waals surface area contributed by atoms with Crippen molar-refractivity contribution in [2.24, 2.45) is 5.92 Å². The van der Waals surface area contributed by atoms with E-state index in [9.17, 15) is 34.4 Å². The van der Waals surface area contributed by atoms with Gasteiger partial charge in [-0.1, -0.05) is 12.8 Å². The van der Waals surface area contributed by atoms with Crippen molar-refractivity contribution in [2.45, 2.75) is 95.4 Å². The highest BCUT2D eigenvalue weighted by molar-refractivity contribution is 5.96. The highest BCUT2D eigenvalue weighted by Gasteiger charge is 2.61. The van der Waals surface area contributed by atoms with Crippen molar-refractivity contribution in [3.05, 3.63) is 46.2 Å². The first-order valence-corrected chi connectivity index (χ1v) is 14.3. The van der Waals surface area contributed by atoms with Gasteiger partial charge in [0.25, 0.3) is 5.69 Å². The van der Waals surface area contributed by atoms with E-state index in [2.05, 4.69) is 10.6 Å². The number of nitro benzene ring substituents is 1. The van der Waals surface area contributed by atoms with Gasteiger partial charge in [-0.2, -0.15) is 0 Å². The second-order valence-electron chi connectivity index (χ2n) is 12.1. The molecule has 1 aliphatic carbocycles. The summed E-state index contributed by atoms with van der Waals surface area (Å²) in [5.41, 5.74) is -2.38. The number of rotatable bonds is 5. The summed E-state index contributed by atoms with van der Waals surface area (Å²) in [4.78, 5) is 63.9. The molecule has 1 aromatic rings. The fourth-order valence-electron chi connectivity index (χ4n) is 5.45. The second-order valence-corrected chi connectivity index (χ2v) is 12.1. The summed E-state index contributed by atoms with van der Waals surface area (Å²) in [6.45, 7) is 5.48. The minimum absolute atomic E-state index is 0.0850. The molecule has 13 heteroatoms. The van der Waals surface area contributed by atoms with E-state index in [-0.39, 0.29) is 12.1 Å². The first kappa shape index (κ1) is 30.8. The van der Waals surface area contributed by atoms with E-state index >= 15 is 0 Å². The Morgan fingerprint density at radius 1 is 1.12 bits per heavy atom. The Morgan fingerprint density at radius 2 is 1.83 bits per heavy atom. The number of ether oxygens (including phenoxy) is 2. The lowest BCUT2D eigenvalue weighted by Gasteiger charge is -2.30. The third kappa shape index (κ3) is 7.37. The number of non-ortho nitro benzene ring substituents is 1. The molecule has 1 saturated heterocycles. The van der Waals surface area contributed by atoms with E-state index < -0.39 is 57.9 Å². The average molecular weight is 587 g/mol. The number of carboxylic acid groups (broad SMARTS) is 1. The summed E-state index contributed by atoms with van der Waals surface area (Å²) in [7, 11) is 0. The van der Waals surface area contributed by atoms with Gasteiger partial charge in [0, 0.05) is 31.0 Å². The lowest BCUT2D eigenvalue weighted by Crippen LogP contribution is -2.56. The minimum atomic E-state index is -1.53. The summed E-state index contributed by atoms with van der Waals surface area (Å²) in [5, 5.41) is 26.5. The standard InChI is InChI=1S/C29H38N4O9/c1-28(2,3)42-27(38)30-22-9-6-4-5-8-21(41-20-13-11-19(12-14-20)33(39)40)16-18-17-29(18,26(36)37)31-24(34)23-10-7-15-32(23)25(22)35/h11-14,16,18,22-23H,4-10,15,17H2,1-3H3,(H,30,38)(H,31,34)(H,36,37)/b21-16-. The molecule has 228 valence electrons. The summed E-state index contributed by atoms with van der Waals surface area (Å²) in [5.74, 6) is -1.82. The van der Waals surface area contributed by atoms with Crippen molar-refractivity contribution in [2.75, 3.05) is 6.54 Å². The van der Waals surface area contributed by atoms with Gasteiger partial charge in [-0.05, 0) is 71.1 Å². The van der Waals surface area contributed by atoms with Gasteiger partial charge in [0.05, 0.1) is 4.92 Å². The van der Waals surface area contributed by atoms with Crippen LogP contribution in [0.3, 0.4) is 0 Å². The largest absolute Gasteiger partial charge is 0.479 e. The Labute approximate surface area is 243 Å². The Hall–Kier alpha value is -4.16. The first-order valence-electron chi connectivity index (χ1n) is 14.3. The van der Waals surface area contributed by atoms with Gasteiger partial charge in [0.2, 0.25) is 11.8 Å². The number of nitrogens with zero attached hydrogens (tertiary/aromatic N) is 2. The van der Waals surface area contributed by atoms with Crippen LogP contribution in [0.4, 0.5) is 10.5 Å². The molecule has 4 unspecified atom stereocenters. The molecule has 2 aliphatic heterocycles. The normalized spacial score (nSPS) is 28.0. The van der Waals surface area contributed by atoms with Crippen LogP contribution in [0.5, 0.6) is 5.75 Å². The highest BCUT2D eigenvalue weighted by atomic mass is 16.6. The zero-order chi connectivity index (χ0) is 30.7. The summed E-state index contributed by atoms with van der Waals surface area (Å²) in [6.07, 6.45) is 4.74. The molecule has 2 fully saturated rings. The molecule has 3 amide bonds. The Bertz CT molecular complexity index is 1260. The summed E-state index contributed by atoms with van der Waals surface area (Å²) >= 11 is 0. The number of nitrogens with one attached hydrogen (secondary N) is 2. The number of carbonyl (C=O) groups is 4. The smallest absolute Gasteiger partial charge is 0.408 e. The fraction of sp³-hybridized carbons (Fsp3) is 0.586. The lowest BCUT2D eigenvalue weighted by molar-refractivity contribution is -0.384. The zero-order valence-electron chi connectivity index (χ0n) is 24.1. The molecule has 13 nitrogen and oxygen atoms in total. The summed E-state index contributed by atoms with van der Waals surface area (Å²) in [6, 6.07) is 3.82. The molecule has 2 heterocycles. The van der Waals surface area contributed by atoms with Crippen molar-refractivity contribution in [1.29, 1.82) is 0 Å². The molecule has 0 aromatic heterocycles. The molecule has 42 heavy (non-hydrogen) atoms. The van der Waals surface area contributed by atoms with E-state index in [1.807, 2.05) is 0 Å². The van der Waals surface area contributed by atoms with Crippen LogP contribution in [-0.4, -0.2) is 68.6 Å². The van der Waals surface area contributed by atoms with E-state index in [0.717, 1.165) is 0 Å². The maximum Gasteiger partial charge on any atom is 0.408 e. The minimum Gasteiger partial charge on any atom is -0.479 e. The number of amides is 3. The number of carboxylic acids is 1. The second kappa shape index (κ2) is 12.4. The number of allylic oxidation sites excluding steroid dienone is 1. The number of hydrogen-bond acceptors (Lipinski definition) is 8. The Morgan fingerprint density at radius 3 is 2.48 bits per heavy atom. The molecule has 1 saturated carbocycles. The maximum atomic E-state index is 13.6. The topological polar surface area (TPSA) is 177 Å². The molecule has 0 radical (unpaired) electrons. The number of aliphatic carboxylic acids is 1. The Balaban J connectivity index is 1.58. The third-order valence-electron chi connectivity index (χ3n) is 7.67. The van der Waals surface area contributed by atoms with Crippen molar-refractivity contribution < 1.29 is 38.7 Å². The SMILES string of the molecule is CC(C)(C)OC(=O)NC1CCCCC/C(Oc2ccc([N+](=O)[O-])cc2)=C/C2CC2(C(=O)O)NC(=O)C2CCCN2C1=O. The van der Waals surface area contributed by atoms with Crippen LogP contribution in [0.1, 0.15) is 72.1 Å². The molecule has 3 aliphatic rings.